The van der Waals surface area contributed by atoms with Gasteiger partial charge in [-0.3, -0.25) is 0 Å². The van der Waals surface area contributed by atoms with Gasteiger partial charge in [-0.25, -0.2) is 13.1 Å². The van der Waals surface area contributed by atoms with Crippen molar-refractivity contribution < 1.29 is 8.42 Å². The monoisotopic (exact) mass is 264 g/mol. The van der Waals surface area contributed by atoms with Crippen molar-refractivity contribution in [3.05, 3.63) is 0 Å². The average Bonchev–Trinajstić information content (AvgIpc) is 2.64. The molecule has 0 saturated heterocycles. The largest absolute Gasteiger partial charge is 0.374 e. The summed E-state index contributed by atoms with van der Waals surface area (Å²) >= 11 is 0.870. The van der Waals surface area contributed by atoms with Crippen molar-refractivity contribution in [3.63, 3.8) is 0 Å². The van der Waals surface area contributed by atoms with Gasteiger partial charge in [-0.05, 0) is 12.8 Å². The summed E-state index contributed by atoms with van der Waals surface area (Å²) in [6.07, 6.45) is 2.49. The van der Waals surface area contributed by atoms with Gasteiger partial charge in [-0.1, -0.05) is 31.6 Å². The Hall–Kier alpha value is -0.730. The molecule has 8 heteroatoms. The first-order chi connectivity index (χ1) is 7.49. The predicted molar refractivity (Wildman–Crippen MR) is 63.6 cm³/mol. The van der Waals surface area contributed by atoms with Gasteiger partial charge in [0.2, 0.25) is 9.47 Å². The minimum absolute atomic E-state index is 0.0554. The fourth-order valence-corrected chi connectivity index (χ4v) is 3.45. The SMILES string of the molecule is CCCC(CC)NS(=O)(=O)c1nnc(N)s1. The lowest BCUT2D eigenvalue weighted by Crippen LogP contribution is -2.34. The topological polar surface area (TPSA) is 98.0 Å². The van der Waals surface area contributed by atoms with Gasteiger partial charge in [-0.2, -0.15) is 0 Å². The van der Waals surface area contributed by atoms with Crippen molar-refractivity contribution in [2.75, 3.05) is 5.73 Å². The van der Waals surface area contributed by atoms with E-state index in [0.717, 1.165) is 30.6 Å². The van der Waals surface area contributed by atoms with Crippen LogP contribution in [0.3, 0.4) is 0 Å². The molecule has 0 bridgehead atoms. The zero-order valence-electron chi connectivity index (χ0n) is 9.30. The molecule has 0 aliphatic heterocycles. The van der Waals surface area contributed by atoms with Crippen LogP contribution in [0, 0.1) is 0 Å². The lowest BCUT2D eigenvalue weighted by Gasteiger charge is -2.14. The van der Waals surface area contributed by atoms with Gasteiger partial charge in [-0.15, -0.1) is 10.2 Å². The second-order valence-electron chi connectivity index (χ2n) is 3.42. The summed E-state index contributed by atoms with van der Waals surface area (Å²) in [7, 11) is -3.56. The van der Waals surface area contributed by atoms with Crippen LogP contribution in [-0.2, 0) is 10.0 Å². The second-order valence-corrected chi connectivity index (χ2v) is 6.32. The summed E-state index contributed by atoms with van der Waals surface area (Å²) in [5.41, 5.74) is 5.35. The summed E-state index contributed by atoms with van der Waals surface area (Å²) in [5.74, 6) is 0. The number of nitrogens with one attached hydrogen (secondary N) is 1. The van der Waals surface area contributed by atoms with Gasteiger partial charge in [0.05, 0.1) is 0 Å². The Labute approximate surface area is 99.3 Å². The third-order valence-corrected chi connectivity index (χ3v) is 4.74. The smallest absolute Gasteiger partial charge is 0.270 e. The number of hydrogen-bond acceptors (Lipinski definition) is 6. The van der Waals surface area contributed by atoms with E-state index in [4.69, 9.17) is 5.73 Å². The molecule has 6 nitrogen and oxygen atoms in total. The van der Waals surface area contributed by atoms with Gasteiger partial charge >= 0.3 is 0 Å². The Morgan fingerprint density at radius 2 is 2.12 bits per heavy atom. The van der Waals surface area contributed by atoms with Crippen LogP contribution in [0.15, 0.2) is 4.34 Å². The Balaban J connectivity index is 2.78. The standard InChI is InChI=1S/C8H16N4O2S2/c1-3-5-6(4-2)12-16(13,14)8-11-10-7(9)15-8/h6,12H,3-5H2,1-2H3,(H2,9,10). The Bertz CT molecular complexity index is 429. The first-order valence-electron chi connectivity index (χ1n) is 5.11. The number of rotatable bonds is 6. The molecule has 3 N–H and O–H groups in total. The van der Waals surface area contributed by atoms with E-state index in [1.54, 1.807) is 0 Å². The molecule has 1 atom stereocenters. The molecule has 0 aliphatic carbocycles. The first kappa shape index (κ1) is 13.3. The van der Waals surface area contributed by atoms with Crippen molar-refractivity contribution in [3.8, 4) is 0 Å². The van der Waals surface area contributed by atoms with E-state index in [9.17, 15) is 8.42 Å². The maximum Gasteiger partial charge on any atom is 0.270 e. The van der Waals surface area contributed by atoms with Gasteiger partial charge < -0.3 is 5.73 Å². The van der Waals surface area contributed by atoms with Gasteiger partial charge in [0.1, 0.15) is 0 Å². The zero-order chi connectivity index (χ0) is 12.2. The Morgan fingerprint density at radius 1 is 1.44 bits per heavy atom. The summed E-state index contributed by atoms with van der Waals surface area (Å²) in [6.45, 7) is 3.96. The highest BCUT2D eigenvalue weighted by Gasteiger charge is 2.22. The Kier molecular flexibility index (Phi) is 4.63. The number of aromatic nitrogens is 2. The van der Waals surface area contributed by atoms with Crippen LogP contribution < -0.4 is 10.5 Å². The molecule has 1 aromatic rings. The van der Waals surface area contributed by atoms with Crippen LogP contribution in [0.4, 0.5) is 5.13 Å². The molecule has 92 valence electrons. The van der Waals surface area contributed by atoms with Crippen LogP contribution in [0.25, 0.3) is 0 Å². The molecule has 0 fully saturated rings. The molecular formula is C8H16N4O2S2. The lowest BCUT2D eigenvalue weighted by molar-refractivity contribution is 0.511. The summed E-state index contributed by atoms with van der Waals surface area (Å²) in [4.78, 5) is 0. The predicted octanol–water partition coefficient (Wildman–Crippen LogP) is 0.977. The van der Waals surface area contributed by atoms with Crippen LogP contribution >= 0.6 is 11.3 Å². The molecule has 0 radical (unpaired) electrons. The van der Waals surface area contributed by atoms with E-state index in [0.29, 0.717) is 0 Å². The van der Waals surface area contributed by atoms with Gasteiger partial charge in [0.15, 0.2) is 0 Å². The van der Waals surface area contributed by atoms with Crippen LogP contribution in [0.1, 0.15) is 33.1 Å². The number of nitrogens with two attached hydrogens (primary N) is 1. The first-order valence-corrected chi connectivity index (χ1v) is 7.40. The van der Waals surface area contributed by atoms with Crippen molar-refractivity contribution in [1.29, 1.82) is 0 Å². The summed E-state index contributed by atoms with van der Waals surface area (Å²) in [6, 6.07) is -0.0554. The van der Waals surface area contributed by atoms with Crippen molar-refractivity contribution in [2.24, 2.45) is 0 Å². The highest BCUT2D eigenvalue weighted by Crippen LogP contribution is 2.17. The lowest BCUT2D eigenvalue weighted by atomic mass is 10.1. The fourth-order valence-electron chi connectivity index (χ4n) is 1.29. The van der Waals surface area contributed by atoms with Crippen molar-refractivity contribution in [2.45, 2.75) is 43.5 Å². The minimum Gasteiger partial charge on any atom is -0.374 e. The number of sulfonamides is 1. The third kappa shape index (κ3) is 3.39. The number of nitrogen functional groups attached to an aromatic ring is 1. The van der Waals surface area contributed by atoms with Gasteiger partial charge in [0, 0.05) is 6.04 Å². The maximum atomic E-state index is 11.8. The van der Waals surface area contributed by atoms with E-state index < -0.39 is 10.0 Å². The summed E-state index contributed by atoms with van der Waals surface area (Å²) < 4.78 is 26.2. The van der Waals surface area contributed by atoms with Crippen molar-refractivity contribution in [1.82, 2.24) is 14.9 Å². The normalized spacial score (nSPS) is 13.9. The van der Waals surface area contributed by atoms with E-state index >= 15 is 0 Å². The van der Waals surface area contributed by atoms with Crippen LogP contribution in [0.2, 0.25) is 0 Å². The third-order valence-electron chi connectivity index (χ3n) is 2.10. The van der Waals surface area contributed by atoms with Crippen LogP contribution in [0.5, 0.6) is 0 Å². The molecule has 1 aromatic heterocycles. The number of nitrogens with zero attached hydrogens (tertiary/aromatic N) is 2. The summed E-state index contributed by atoms with van der Waals surface area (Å²) in [5, 5.41) is 7.17. The number of anilines is 1. The van der Waals surface area contributed by atoms with E-state index in [1.807, 2.05) is 13.8 Å². The Morgan fingerprint density at radius 3 is 2.56 bits per heavy atom. The molecule has 0 amide bonds. The molecular weight excluding hydrogens is 248 g/mol. The quantitative estimate of drug-likeness (QED) is 0.798. The fraction of sp³-hybridized carbons (Fsp3) is 0.750. The molecule has 1 heterocycles. The molecule has 16 heavy (non-hydrogen) atoms. The maximum absolute atomic E-state index is 11.8. The van der Waals surface area contributed by atoms with Crippen LogP contribution in [-0.4, -0.2) is 24.7 Å². The molecule has 1 unspecified atom stereocenters. The highest BCUT2D eigenvalue weighted by molar-refractivity contribution is 7.91. The van der Waals surface area contributed by atoms with Gasteiger partial charge in [0.25, 0.3) is 10.0 Å². The zero-order valence-corrected chi connectivity index (χ0v) is 10.9. The number of hydrogen-bond donors (Lipinski definition) is 2. The highest BCUT2D eigenvalue weighted by atomic mass is 32.2. The van der Waals surface area contributed by atoms with E-state index in [2.05, 4.69) is 14.9 Å². The average molecular weight is 264 g/mol. The van der Waals surface area contributed by atoms with Crippen molar-refractivity contribution >= 4 is 26.5 Å². The van der Waals surface area contributed by atoms with E-state index in [1.165, 1.54) is 0 Å². The molecule has 0 aliphatic rings. The molecule has 0 saturated carbocycles. The molecule has 0 aromatic carbocycles. The van der Waals surface area contributed by atoms with E-state index in [-0.39, 0.29) is 15.5 Å². The molecule has 1 rings (SSSR count). The molecule has 0 spiro atoms. The second kappa shape index (κ2) is 5.55. The minimum atomic E-state index is -3.56.